The number of aryl methyl sites for hydroxylation is 1. The van der Waals surface area contributed by atoms with Gasteiger partial charge in [-0.1, -0.05) is 13.0 Å². The van der Waals surface area contributed by atoms with Gasteiger partial charge in [-0.3, -0.25) is 0 Å². The van der Waals surface area contributed by atoms with Crippen LogP contribution in [0.3, 0.4) is 0 Å². The monoisotopic (exact) mass is 326 g/mol. The Labute approximate surface area is 144 Å². The van der Waals surface area contributed by atoms with Crippen molar-refractivity contribution in [2.24, 2.45) is 17.3 Å². The molecule has 0 heterocycles. The number of ether oxygens (including phenoxy) is 1. The summed E-state index contributed by atoms with van der Waals surface area (Å²) in [6.45, 7) is 2.23. The lowest BCUT2D eigenvalue weighted by molar-refractivity contribution is -0.0651. The molecule has 0 aliphatic heterocycles. The van der Waals surface area contributed by atoms with Gasteiger partial charge in [0.2, 0.25) is 0 Å². The third-order valence-electron chi connectivity index (χ3n) is 7.22. The van der Waals surface area contributed by atoms with Crippen molar-refractivity contribution in [1.29, 1.82) is 0 Å². The zero-order chi connectivity index (χ0) is 16.9. The predicted molar refractivity (Wildman–Crippen MR) is 92.5 cm³/mol. The smallest absolute Gasteiger partial charge is 0.134 e. The molecule has 5 atom stereocenters. The normalized spacial score (nSPS) is 39.9. The Morgan fingerprint density at radius 3 is 2.83 bits per heavy atom. The second-order valence-corrected chi connectivity index (χ2v) is 8.08. The van der Waals surface area contributed by atoms with Gasteiger partial charge in [0, 0.05) is 5.41 Å². The molecule has 0 saturated heterocycles. The highest BCUT2D eigenvalue weighted by molar-refractivity contribution is 5.40. The molecule has 0 amide bonds. The molecule has 24 heavy (non-hydrogen) atoms. The Bertz CT molecular complexity index is 716. The zero-order valence-electron chi connectivity index (χ0n) is 14.5. The molecule has 0 radical (unpaired) electrons. The van der Waals surface area contributed by atoms with Crippen LogP contribution in [0.25, 0.3) is 0 Å². The van der Waals surface area contributed by atoms with E-state index in [0.29, 0.717) is 23.5 Å². The molecule has 0 bridgehead atoms. The first kappa shape index (κ1) is 15.8. The lowest BCUT2D eigenvalue weighted by Crippen LogP contribution is -2.50. The minimum absolute atomic E-state index is 0.145. The van der Waals surface area contributed by atoms with Gasteiger partial charge in [-0.25, -0.2) is 0 Å². The summed E-state index contributed by atoms with van der Waals surface area (Å²) in [5.41, 5.74) is 1.67. The number of benzene rings is 1. The van der Waals surface area contributed by atoms with Gasteiger partial charge in [0.1, 0.15) is 17.5 Å². The van der Waals surface area contributed by atoms with Gasteiger partial charge in [0.05, 0.1) is 7.11 Å². The average molecular weight is 326 g/mol. The van der Waals surface area contributed by atoms with Crippen LogP contribution in [0.4, 0.5) is 0 Å². The van der Waals surface area contributed by atoms with E-state index in [1.807, 2.05) is 12.1 Å². The lowest BCUT2D eigenvalue weighted by Gasteiger charge is -2.52. The van der Waals surface area contributed by atoms with Crippen LogP contribution in [0.5, 0.6) is 5.75 Å². The summed E-state index contributed by atoms with van der Waals surface area (Å²) >= 11 is 0. The number of fused-ring (bicyclic) bond motifs is 5. The molecule has 3 heteroatoms. The van der Waals surface area contributed by atoms with Gasteiger partial charge in [0.25, 0.3) is 0 Å². The van der Waals surface area contributed by atoms with Crippen molar-refractivity contribution in [3.05, 3.63) is 29.3 Å². The van der Waals surface area contributed by atoms with E-state index < -0.39 is 5.60 Å². The molecule has 128 valence electrons. The van der Waals surface area contributed by atoms with Gasteiger partial charge in [-0.05, 0) is 85.5 Å². The summed E-state index contributed by atoms with van der Waals surface area (Å²) in [5.74, 6) is 5.07. The van der Waals surface area contributed by atoms with Crippen LogP contribution >= 0.6 is 0 Å². The Morgan fingerprint density at radius 2 is 2.04 bits per heavy atom. The number of hydrogen-bond donors (Lipinski definition) is 2. The second kappa shape index (κ2) is 5.43. The SMILES string of the molecule is COC#C[C@]1(O)CC[C@H]2[C@@H]3CCc4cc(O)ccc4[C@H]3CC[C@@]21C. The highest BCUT2D eigenvalue weighted by atomic mass is 16.5. The maximum absolute atomic E-state index is 11.2. The molecular weight excluding hydrogens is 300 g/mol. The Hall–Kier alpha value is -1.66. The summed E-state index contributed by atoms with van der Waals surface area (Å²) in [4.78, 5) is 0. The van der Waals surface area contributed by atoms with Crippen molar-refractivity contribution in [3.63, 3.8) is 0 Å². The highest BCUT2D eigenvalue weighted by Crippen LogP contribution is 2.64. The van der Waals surface area contributed by atoms with Crippen LogP contribution in [-0.4, -0.2) is 22.9 Å². The summed E-state index contributed by atoms with van der Waals surface area (Å²) in [7, 11) is 1.55. The van der Waals surface area contributed by atoms with Gasteiger partial charge in [0.15, 0.2) is 0 Å². The van der Waals surface area contributed by atoms with Crippen molar-refractivity contribution < 1.29 is 14.9 Å². The highest BCUT2D eigenvalue weighted by Gasteiger charge is 2.61. The molecule has 0 unspecified atom stereocenters. The van der Waals surface area contributed by atoms with E-state index in [1.54, 1.807) is 7.11 Å². The van der Waals surface area contributed by atoms with Crippen LogP contribution in [0.15, 0.2) is 18.2 Å². The summed E-state index contributed by atoms with van der Waals surface area (Å²) in [6, 6.07) is 5.88. The molecule has 1 aromatic rings. The summed E-state index contributed by atoms with van der Waals surface area (Å²) in [6.07, 6.45) is 8.70. The number of phenolic OH excluding ortho intramolecular Hbond substituents is 1. The molecular formula is C21H26O3. The number of methoxy groups -OCH3 is 1. The third kappa shape index (κ3) is 2.09. The zero-order valence-corrected chi connectivity index (χ0v) is 14.5. The van der Waals surface area contributed by atoms with Gasteiger partial charge in [-0.15, -0.1) is 0 Å². The third-order valence-corrected chi connectivity index (χ3v) is 7.22. The largest absolute Gasteiger partial charge is 0.508 e. The number of hydrogen-bond acceptors (Lipinski definition) is 3. The van der Waals surface area contributed by atoms with Crippen LogP contribution in [-0.2, 0) is 11.2 Å². The average Bonchev–Trinajstić information content (AvgIpc) is 2.84. The number of aromatic hydroxyl groups is 1. The number of aliphatic hydroxyl groups is 1. The van der Waals surface area contributed by atoms with Crippen molar-refractivity contribution in [3.8, 4) is 17.8 Å². The minimum atomic E-state index is -0.923. The Balaban J connectivity index is 1.68. The first-order valence-corrected chi connectivity index (χ1v) is 9.08. The topological polar surface area (TPSA) is 49.7 Å². The molecule has 3 nitrogen and oxygen atoms in total. The van der Waals surface area contributed by atoms with E-state index in [-0.39, 0.29) is 5.41 Å². The van der Waals surface area contributed by atoms with E-state index in [0.717, 1.165) is 38.5 Å². The maximum Gasteiger partial charge on any atom is 0.134 e. The van der Waals surface area contributed by atoms with Crippen LogP contribution in [0.2, 0.25) is 0 Å². The standard InChI is InChI=1S/C21H26O3/c1-20-9-7-17-16-6-4-15(22)13-14(16)3-5-18(17)19(20)8-10-21(20,23)11-12-24-2/h4,6,13,17-19,22-23H,3,5,7-10H2,1-2H3/t17-,18-,19+,20+,21-/m1/s1. The number of phenols is 1. The van der Waals surface area contributed by atoms with Crippen LogP contribution in [0.1, 0.15) is 56.1 Å². The molecule has 0 spiro atoms. The lowest BCUT2D eigenvalue weighted by atomic mass is 9.53. The Morgan fingerprint density at radius 1 is 1.21 bits per heavy atom. The van der Waals surface area contributed by atoms with E-state index in [4.69, 9.17) is 4.74 Å². The fourth-order valence-corrected chi connectivity index (χ4v) is 5.93. The Kier molecular flexibility index (Phi) is 3.58. The minimum Gasteiger partial charge on any atom is -0.508 e. The molecule has 3 aliphatic rings. The molecule has 4 rings (SSSR count). The number of rotatable bonds is 0. The first-order valence-electron chi connectivity index (χ1n) is 9.08. The fraction of sp³-hybridized carbons (Fsp3) is 0.619. The predicted octanol–water partition coefficient (Wildman–Crippen LogP) is 3.59. The van der Waals surface area contributed by atoms with Gasteiger partial charge >= 0.3 is 0 Å². The van der Waals surface area contributed by atoms with Crippen molar-refractivity contribution in [1.82, 2.24) is 0 Å². The molecule has 2 fully saturated rings. The quantitative estimate of drug-likeness (QED) is 0.716. The molecule has 0 aromatic heterocycles. The second-order valence-electron chi connectivity index (χ2n) is 8.08. The molecule has 1 aromatic carbocycles. The molecule has 2 N–H and O–H groups in total. The maximum atomic E-state index is 11.2. The van der Waals surface area contributed by atoms with E-state index >= 15 is 0 Å². The fourth-order valence-electron chi connectivity index (χ4n) is 5.93. The van der Waals surface area contributed by atoms with E-state index in [1.165, 1.54) is 11.1 Å². The molecule has 3 aliphatic carbocycles. The summed E-state index contributed by atoms with van der Waals surface area (Å²) < 4.78 is 4.91. The van der Waals surface area contributed by atoms with Gasteiger partial charge < -0.3 is 14.9 Å². The summed E-state index contributed by atoms with van der Waals surface area (Å²) in [5, 5.41) is 21.0. The van der Waals surface area contributed by atoms with Crippen molar-refractivity contribution in [2.45, 2.75) is 57.0 Å². The van der Waals surface area contributed by atoms with Crippen molar-refractivity contribution >= 4 is 0 Å². The van der Waals surface area contributed by atoms with Gasteiger partial charge in [-0.2, -0.15) is 0 Å². The van der Waals surface area contributed by atoms with Crippen molar-refractivity contribution in [2.75, 3.05) is 7.11 Å². The molecule has 2 saturated carbocycles. The van der Waals surface area contributed by atoms with Crippen LogP contribution in [0, 0.1) is 29.3 Å². The van der Waals surface area contributed by atoms with Crippen LogP contribution < -0.4 is 0 Å². The van der Waals surface area contributed by atoms with E-state index in [2.05, 4.69) is 25.0 Å². The van der Waals surface area contributed by atoms with E-state index in [9.17, 15) is 10.2 Å². The first-order chi connectivity index (χ1) is 11.5.